The Hall–Kier alpha value is -0.0800. The lowest BCUT2D eigenvalue weighted by Crippen LogP contribution is -2.48. The molecule has 0 bridgehead atoms. The van der Waals surface area contributed by atoms with Crippen molar-refractivity contribution in [1.82, 2.24) is 10.2 Å². The molecule has 1 N–H and O–H groups in total. The lowest BCUT2D eigenvalue weighted by Gasteiger charge is -2.41. The minimum absolute atomic E-state index is 0.565. The fourth-order valence-corrected chi connectivity index (χ4v) is 3.58. The fraction of sp³-hybridized carbons (Fsp3) is 1.00. The van der Waals surface area contributed by atoms with Crippen molar-refractivity contribution in [2.75, 3.05) is 26.7 Å². The number of piperidine rings is 1. The third-order valence-corrected chi connectivity index (χ3v) is 4.84. The second kappa shape index (κ2) is 5.50. The van der Waals surface area contributed by atoms with Gasteiger partial charge in [0.1, 0.15) is 0 Å². The standard InChI is InChI=1S/C14H28N2/c1-3-14(9-6-10-15-11-14)12-16(2)13-7-4-5-8-13/h13,15H,3-12H2,1-2H3. The van der Waals surface area contributed by atoms with Crippen molar-refractivity contribution in [2.24, 2.45) is 5.41 Å². The van der Waals surface area contributed by atoms with Crippen molar-refractivity contribution in [3.63, 3.8) is 0 Å². The number of hydrogen-bond donors (Lipinski definition) is 1. The third kappa shape index (κ3) is 2.78. The first-order valence-corrected chi connectivity index (χ1v) is 7.17. The summed E-state index contributed by atoms with van der Waals surface area (Å²) in [6.45, 7) is 6.14. The van der Waals surface area contributed by atoms with Gasteiger partial charge in [0, 0.05) is 19.1 Å². The van der Waals surface area contributed by atoms with Gasteiger partial charge in [-0.25, -0.2) is 0 Å². The number of nitrogens with zero attached hydrogens (tertiary/aromatic N) is 1. The lowest BCUT2D eigenvalue weighted by atomic mass is 9.77. The van der Waals surface area contributed by atoms with Gasteiger partial charge in [0.25, 0.3) is 0 Å². The predicted molar refractivity (Wildman–Crippen MR) is 69.7 cm³/mol. The van der Waals surface area contributed by atoms with Crippen LogP contribution in [0.15, 0.2) is 0 Å². The monoisotopic (exact) mass is 224 g/mol. The second-order valence-corrected chi connectivity index (χ2v) is 5.99. The van der Waals surface area contributed by atoms with Crippen LogP contribution >= 0.6 is 0 Å². The van der Waals surface area contributed by atoms with Gasteiger partial charge in [-0.1, -0.05) is 19.8 Å². The van der Waals surface area contributed by atoms with E-state index in [2.05, 4.69) is 24.2 Å². The molecule has 1 aliphatic heterocycles. The minimum Gasteiger partial charge on any atom is -0.316 e. The Balaban J connectivity index is 1.89. The molecule has 0 radical (unpaired) electrons. The molecule has 2 fully saturated rings. The van der Waals surface area contributed by atoms with Crippen LogP contribution in [0.25, 0.3) is 0 Å². The van der Waals surface area contributed by atoms with Gasteiger partial charge in [-0.3, -0.25) is 0 Å². The highest BCUT2D eigenvalue weighted by Crippen LogP contribution is 2.33. The van der Waals surface area contributed by atoms with Crippen LogP contribution in [-0.2, 0) is 0 Å². The summed E-state index contributed by atoms with van der Waals surface area (Å²) < 4.78 is 0. The van der Waals surface area contributed by atoms with E-state index < -0.39 is 0 Å². The van der Waals surface area contributed by atoms with E-state index in [0.717, 1.165) is 6.04 Å². The maximum Gasteiger partial charge on any atom is 0.00924 e. The lowest BCUT2D eigenvalue weighted by molar-refractivity contribution is 0.103. The van der Waals surface area contributed by atoms with E-state index in [1.54, 1.807) is 0 Å². The molecular formula is C14H28N2. The molecule has 2 heteroatoms. The van der Waals surface area contributed by atoms with Crippen molar-refractivity contribution in [2.45, 2.75) is 57.9 Å². The normalized spacial score (nSPS) is 32.4. The zero-order valence-electron chi connectivity index (χ0n) is 11.1. The van der Waals surface area contributed by atoms with Crippen molar-refractivity contribution in [3.8, 4) is 0 Å². The molecule has 1 saturated heterocycles. The average Bonchev–Trinajstić information content (AvgIpc) is 2.84. The van der Waals surface area contributed by atoms with Crippen molar-refractivity contribution < 1.29 is 0 Å². The van der Waals surface area contributed by atoms with E-state index in [-0.39, 0.29) is 0 Å². The highest BCUT2D eigenvalue weighted by molar-refractivity contribution is 4.89. The summed E-state index contributed by atoms with van der Waals surface area (Å²) >= 11 is 0. The van der Waals surface area contributed by atoms with Crippen molar-refractivity contribution in [3.05, 3.63) is 0 Å². The third-order valence-electron chi connectivity index (χ3n) is 4.84. The molecule has 0 aromatic rings. The second-order valence-electron chi connectivity index (χ2n) is 5.99. The van der Waals surface area contributed by atoms with Crippen LogP contribution < -0.4 is 5.32 Å². The average molecular weight is 224 g/mol. The molecule has 1 saturated carbocycles. The van der Waals surface area contributed by atoms with E-state index >= 15 is 0 Å². The van der Waals surface area contributed by atoms with Gasteiger partial charge in [-0.05, 0) is 51.1 Å². The van der Waals surface area contributed by atoms with Crippen LogP contribution in [0.2, 0.25) is 0 Å². The summed E-state index contributed by atoms with van der Waals surface area (Å²) in [5, 5.41) is 3.60. The summed E-state index contributed by atoms with van der Waals surface area (Å²) in [6, 6.07) is 0.880. The summed E-state index contributed by atoms with van der Waals surface area (Å²) in [7, 11) is 2.35. The number of nitrogens with one attached hydrogen (secondary N) is 1. The van der Waals surface area contributed by atoms with Gasteiger partial charge in [0.2, 0.25) is 0 Å². The van der Waals surface area contributed by atoms with E-state index in [1.807, 2.05) is 0 Å². The summed E-state index contributed by atoms with van der Waals surface area (Å²) in [5.41, 5.74) is 0.565. The predicted octanol–water partition coefficient (Wildman–Crippen LogP) is 2.64. The minimum atomic E-state index is 0.565. The molecule has 1 unspecified atom stereocenters. The summed E-state index contributed by atoms with van der Waals surface area (Å²) in [4.78, 5) is 2.66. The van der Waals surface area contributed by atoms with E-state index in [9.17, 15) is 0 Å². The van der Waals surface area contributed by atoms with E-state index in [1.165, 1.54) is 64.6 Å². The SMILES string of the molecule is CCC1(CN(C)C2CCCC2)CCCNC1. The molecule has 2 aliphatic rings. The number of rotatable bonds is 4. The summed E-state index contributed by atoms with van der Waals surface area (Å²) in [5.74, 6) is 0. The van der Waals surface area contributed by atoms with Gasteiger partial charge in [-0.15, -0.1) is 0 Å². The van der Waals surface area contributed by atoms with Crippen LogP contribution in [0, 0.1) is 5.41 Å². The maximum absolute atomic E-state index is 3.60. The first-order chi connectivity index (χ1) is 7.76. The van der Waals surface area contributed by atoms with Crippen LogP contribution in [0.5, 0.6) is 0 Å². The van der Waals surface area contributed by atoms with E-state index in [4.69, 9.17) is 0 Å². The Morgan fingerprint density at radius 1 is 1.25 bits per heavy atom. The summed E-state index contributed by atoms with van der Waals surface area (Å²) in [6.07, 6.45) is 9.89. The molecular weight excluding hydrogens is 196 g/mol. The van der Waals surface area contributed by atoms with Crippen molar-refractivity contribution >= 4 is 0 Å². The van der Waals surface area contributed by atoms with Crippen LogP contribution in [0.4, 0.5) is 0 Å². The van der Waals surface area contributed by atoms with Gasteiger partial charge >= 0.3 is 0 Å². The van der Waals surface area contributed by atoms with Crippen LogP contribution in [-0.4, -0.2) is 37.6 Å². The van der Waals surface area contributed by atoms with Crippen molar-refractivity contribution in [1.29, 1.82) is 0 Å². The largest absolute Gasteiger partial charge is 0.316 e. The van der Waals surface area contributed by atoms with Gasteiger partial charge in [0.15, 0.2) is 0 Å². The van der Waals surface area contributed by atoms with Gasteiger partial charge < -0.3 is 10.2 Å². The molecule has 2 nitrogen and oxygen atoms in total. The topological polar surface area (TPSA) is 15.3 Å². The van der Waals surface area contributed by atoms with Gasteiger partial charge in [-0.2, -0.15) is 0 Å². The molecule has 94 valence electrons. The Labute approximate surface area is 101 Å². The quantitative estimate of drug-likeness (QED) is 0.790. The Morgan fingerprint density at radius 3 is 2.56 bits per heavy atom. The molecule has 1 atom stereocenters. The first kappa shape index (κ1) is 12.4. The number of hydrogen-bond acceptors (Lipinski definition) is 2. The molecule has 0 aromatic heterocycles. The maximum atomic E-state index is 3.60. The molecule has 2 rings (SSSR count). The van der Waals surface area contributed by atoms with Gasteiger partial charge in [0.05, 0.1) is 0 Å². The fourth-order valence-electron chi connectivity index (χ4n) is 3.58. The Morgan fingerprint density at radius 2 is 2.00 bits per heavy atom. The molecule has 1 heterocycles. The van der Waals surface area contributed by atoms with E-state index in [0.29, 0.717) is 5.41 Å². The highest BCUT2D eigenvalue weighted by atomic mass is 15.1. The molecule has 0 spiro atoms. The highest BCUT2D eigenvalue weighted by Gasteiger charge is 2.33. The zero-order chi connectivity index (χ0) is 11.4. The molecule has 0 aromatic carbocycles. The first-order valence-electron chi connectivity index (χ1n) is 7.17. The molecule has 0 amide bonds. The molecule has 16 heavy (non-hydrogen) atoms. The Kier molecular flexibility index (Phi) is 4.26. The zero-order valence-corrected chi connectivity index (χ0v) is 11.1. The Bertz CT molecular complexity index is 203. The smallest absolute Gasteiger partial charge is 0.00924 e. The van der Waals surface area contributed by atoms with Crippen LogP contribution in [0.3, 0.4) is 0 Å². The molecule has 1 aliphatic carbocycles. The van der Waals surface area contributed by atoms with Crippen LogP contribution in [0.1, 0.15) is 51.9 Å².